The molecule has 2 atom stereocenters. The highest BCUT2D eigenvalue weighted by molar-refractivity contribution is 5.74. The molecule has 1 aliphatic heterocycles. The van der Waals surface area contributed by atoms with Gasteiger partial charge in [-0.3, -0.25) is 9.69 Å². The van der Waals surface area contributed by atoms with Crippen LogP contribution in [-0.4, -0.2) is 30.6 Å². The Hall–Kier alpha value is -2.20. The molecule has 1 heterocycles. The molecule has 24 heavy (non-hydrogen) atoms. The van der Waals surface area contributed by atoms with Crippen molar-refractivity contribution in [3.05, 3.63) is 71.5 Å². The van der Waals surface area contributed by atoms with Gasteiger partial charge >= 0.3 is 5.97 Å². The molecular weight excluding hydrogens is 305 g/mol. The summed E-state index contributed by atoms with van der Waals surface area (Å²) in [6.45, 7) is 4.14. The van der Waals surface area contributed by atoms with Gasteiger partial charge in [0.1, 0.15) is 5.82 Å². The summed E-state index contributed by atoms with van der Waals surface area (Å²) in [4.78, 5) is 14.6. The molecule has 0 saturated carbocycles. The molecule has 2 aromatic carbocycles. The van der Waals surface area contributed by atoms with E-state index < -0.39 is 0 Å². The van der Waals surface area contributed by atoms with Crippen LogP contribution in [0.3, 0.4) is 0 Å². The number of likely N-dealkylation sites (tertiary alicyclic amines) is 1. The summed E-state index contributed by atoms with van der Waals surface area (Å²) in [6.07, 6.45) is 0. The Morgan fingerprint density at radius 1 is 1.12 bits per heavy atom. The zero-order valence-corrected chi connectivity index (χ0v) is 13.8. The quantitative estimate of drug-likeness (QED) is 0.786. The number of benzene rings is 2. The molecule has 0 amide bonds. The molecule has 0 bridgehead atoms. The van der Waals surface area contributed by atoms with Crippen LogP contribution < -0.4 is 0 Å². The molecule has 126 valence electrons. The average Bonchev–Trinajstić information content (AvgIpc) is 3.00. The van der Waals surface area contributed by atoms with Crippen molar-refractivity contribution in [2.24, 2.45) is 5.92 Å². The van der Waals surface area contributed by atoms with Gasteiger partial charge in [0.25, 0.3) is 0 Å². The third kappa shape index (κ3) is 3.65. The number of carbonyl (C=O) groups is 1. The summed E-state index contributed by atoms with van der Waals surface area (Å²) in [5.74, 6) is -0.987. The normalized spacial score (nSPS) is 20.9. The zero-order valence-electron chi connectivity index (χ0n) is 13.8. The van der Waals surface area contributed by atoms with Crippen molar-refractivity contribution in [2.75, 3.05) is 19.7 Å². The Morgan fingerprint density at radius 2 is 1.83 bits per heavy atom. The first kappa shape index (κ1) is 16.7. The molecule has 2 aromatic rings. The van der Waals surface area contributed by atoms with Crippen molar-refractivity contribution in [3.8, 4) is 0 Å². The van der Waals surface area contributed by atoms with Crippen LogP contribution in [0.5, 0.6) is 0 Å². The fourth-order valence-corrected chi connectivity index (χ4v) is 3.44. The molecule has 1 saturated heterocycles. The highest BCUT2D eigenvalue weighted by Crippen LogP contribution is 2.35. The summed E-state index contributed by atoms with van der Waals surface area (Å²) in [6, 6.07) is 16.8. The van der Waals surface area contributed by atoms with E-state index in [1.807, 2.05) is 24.3 Å². The minimum atomic E-state index is -0.328. The van der Waals surface area contributed by atoms with E-state index in [4.69, 9.17) is 4.74 Å². The molecule has 4 heteroatoms. The summed E-state index contributed by atoms with van der Waals surface area (Å²) in [5, 5.41) is 0. The smallest absolute Gasteiger partial charge is 0.310 e. The lowest BCUT2D eigenvalue weighted by Gasteiger charge is -2.18. The van der Waals surface area contributed by atoms with Crippen LogP contribution in [0.2, 0.25) is 0 Å². The van der Waals surface area contributed by atoms with E-state index in [-0.39, 0.29) is 23.6 Å². The first-order chi connectivity index (χ1) is 11.7. The van der Waals surface area contributed by atoms with Gasteiger partial charge in [0.15, 0.2) is 0 Å². The summed E-state index contributed by atoms with van der Waals surface area (Å²) in [7, 11) is 0. The van der Waals surface area contributed by atoms with Gasteiger partial charge in [-0.05, 0) is 24.1 Å². The summed E-state index contributed by atoms with van der Waals surface area (Å²) >= 11 is 0. The SMILES string of the molecule is CCOC(=O)[C@@H]1CN(Cc2ccccc2)C[C@H]1c1ccccc1F. The van der Waals surface area contributed by atoms with Crippen LogP contribution in [-0.2, 0) is 16.1 Å². The van der Waals surface area contributed by atoms with Gasteiger partial charge < -0.3 is 4.74 Å². The number of hydrogen-bond donors (Lipinski definition) is 0. The molecular formula is C20H22FNO2. The van der Waals surface area contributed by atoms with Gasteiger partial charge in [-0.25, -0.2) is 4.39 Å². The van der Waals surface area contributed by atoms with Crippen LogP contribution in [0.4, 0.5) is 4.39 Å². The Morgan fingerprint density at radius 3 is 2.54 bits per heavy atom. The van der Waals surface area contributed by atoms with Crippen molar-refractivity contribution in [1.29, 1.82) is 0 Å². The maximum atomic E-state index is 14.2. The number of nitrogens with zero attached hydrogens (tertiary/aromatic N) is 1. The van der Waals surface area contributed by atoms with E-state index in [2.05, 4.69) is 17.0 Å². The lowest BCUT2D eigenvalue weighted by molar-refractivity contribution is -0.148. The number of esters is 1. The van der Waals surface area contributed by atoms with Gasteiger partial charge in [-0.15, -0.1) is 0 Å². The molecule has 1 aliphatic rings. The third-order valence-electron chi connectivity index (χ3n) is 4.54. The van der Waals surface area contributed by atoms with Crippen LogP contribution >= 0.6 is 0 Å². The van der Waals surface area contributed by atoms with Crippen LogP contribution in [0, 0.1) is 11.7 Å². The lowest BCUT2D eigenvalue weighted by Crippen LogP contribution is -2.25. The Kier molecular flexibility index (Phi) is 5.26. The van der Waals surface area contributed by atoms with Gasteiger partial charge in [0, 0.05) is 25.6 Å². The predicted octanol–water partition coefficient (Wildman–Crippen LogP) is 3.60. The fraction of sp³-hybridized carbons (Fsp3) is 0.350. The fourth-order valence-electron chi connectivity index (χ4n) is 3.44. The van der Waals surface area contributed by atoms with E-state index in [0.717, 1.165) is 6.54 Å². The number of ether oxygens (including phenoxy) is 1. The summed E-state index contributed by atoms with van der Waals surface area (Å²) < 4.78 is 19.5. The first-order valence-corrected chi connectivity index (χ1v) is 8.36. The zero-order chi connectivity index (χ0) is 16.9. The molecule has 0 radical (unpaired) electrons. The minimum Gasteiger partial charge on any atom is -0.466 e. The molecule has 0 aromatic heterocycles. The van der Waals surface area contributed by atoms with Gasteiger partial charge in [-0.1, -0.05) is 48.5 Å². The maximum Gasteiger partial charge on any atom is 0.310 e. The minimum absolute atomic E-state index is 0.172. The average molecular weight is 327 g/mol. The van der Waals surface area contributed by atoms with Gasteiger partial charge in [0.05, 0.1) is 12.5 Å². The highest BCUT2D eigenvalue weighted by Gasteiger charge is 2.40. The number of rotatable bonds is 5. The van der Waals surface area contributed by atoms with E-state index in [9.17, 15) is 9.18 Å². The molecule has 0 N–H and O–H groups in total. The number of halogens is 1. The molecule has 1 fully saturated rings. The Balaban J connectivity index is 1.82. The highest BCUT2D eigenvalue weighted by atomic mass is 19.1. The van der Waals surface area contributed by atoms with Gasteiger partial charge in [0.2, 0.25) is 0 Å². The van der Waals surface area contributed by atoms with Crippen molar-refractivity contribution in [3.63, 3.8) is 0 Å². The van der Waals surface area contributed by atoms with E-state index >= 15 is 0 Å². The van der Waals surface area contributed by atoms with E-state index in [1.54, 1.807) is 19.1 Å². The van der Waals surface area contributed by atoms with E-state index in [1.165, 1.54) is 11.6 Å². The van der Waals surface area contributed by atoms with Crippen molar-refractivity contribution in [2.45, 2.75) is 19.4 Å². The van der Waals surface area contributed by atoms with Crippen molar-refractivity contribution in [1.82, 2.24) is 4.90 Å². The first-order valence-electron chi connectivity index (χ1n) is 8.36. The molecule has 0 aliphatic carbocycles. The maximum absolute atomic E-state index is 14.2. The van der Waals surface area contributed by atoms with Crippen LogP contribution in [0.25, 0.3) is 0 Å². The molecule has 0 spiro atoms. The predicted molar refractivity (Wildman–Crippen MR) is 91.0 cm³/mol. The molecule has 3 nitrogen and oxygen atoms in total. The second-order valence-corrected chi connectivity index (χ2v) is 6.17. The molecule has 3 rings (SSSR count). The van der Waals surface area contributed by atoms with Crippen molar-refractivity contribution >= 4 is 5.97 Å². The van der Waals surface area contributed by atoms with Gasteiger partial charge in [-0.2, -0.15) is 0 Å². The Bertz CT molecular complexity index is 689. The summed E-state index contributed by atoms with van der Waals surface area (Å²) in [5.41, 5.74) is 1.79. The standard InChI is InChI=1S/C20H22FNO2/c1-2-24-20(23)18-14-22(12-15-8-4-3-5-9-15)13-17(18)16-10-6-7-11-19(16)21/h3-11,17-18H,2,12-14H2,1H3/t17-,18+/m0/s1. The second kappa shape index (κ2) is 7.58. The molecule has 0 unspecified atom stereocenters. The Labute approximate surface area is 142 Å². The number of hydrogen-bond acceptors (Lipinski definition) is 3. The largest absolute Gasteiger partial charge is 0.466 e. The van der Waals surface area contributed by atoms with Crippen LogP contribution in [0.1, 0.15) is 24.0 Å². The topological polar surface area (TPSA) is 29.5 Å². The monoisotopic (exact) mass is 327 g/mol. The van der Waals surface area contributed by atoms with E-state index in [0.29, 0.717) is 25.3 Å². The second-order valence-electron chi connectivity index (χ2n) is 6.17. The number of carbonyl (C=O) groups excluding carboxylic acids is 1. The van der Waals surface area contributed by atoms with Crippen LogP contribution in [0.15, 0.2) is 54.6 Å². The van der Waals surface area contributed by atoms with Crippen molar-refractivity contribution < 1.29 is 13.9 Å². The third-order valence-corrected chi connectivity index (χ3v) is 4.54. The lowest BCUT2D eigenvalue weighted by atomic mass is 9.88.